The van der Waals surface area contributed by atoms with Crippen LogP contribution in [-0.2, 0) is 29.7 Å². The largest absolute Gasteiger partial charge is 0.416 e. The zero-order chi connectivity index (χ0) is 24.1. The van der Waals surface area contributed by atoms with Gasteiger partial charge in [-0.3, -0.25) is 9.40 Å². The number of aryl methyl sites for hydroxylation is 2. The van der Waals surface area contributed by atoms with Crippen LogP contribution in [0.4, 0.5) is 19.0 Å². The normalized spacial score (nSPS) is 15.9. The average molecular weight is 488 g/mol. The summed E-state index contributed by atoms with van der Waals surface area (Å²) in [5.74, 6) is -0.105. The zero-order valence-electron chi connectivity index (χ0n) is 17.9. The molecule has 0 unspecified atom stereocenters. The Morgan fingerprint density at radius 3 is 2.56 bits per heavy atom. The molecule has 5 rings (SSSR count). The van der Waals surface area contributed by atoms with Crippen molar-refractivity contribution in [2.24, 2.45) is 7.05 Å². The van der Waals surface area contributed by atoms with E-state index in [1.165, 1.54) is 24.5 Å². The van der Waals surface area contributed by atoms with Crippen LogP contribution in [0.2, 0.25) is 0 Å². The first kappa shape index (κ1) is 22.2. The number of benzene rings is 2. The standard InChI is InChI=1S/C23H19F3N4O3S/c1-30-21(8-10-27-30)20-13-15(23(24,25)26)3-6-19(20)18-5-2-14-12-16(4-7-17(14)18)34(31,32)29-22-9-11-33-28-22/h3-4,6-13,18H,2,5H2,1H3,(H,28,29)/t18-/m0/s1. The Hall–Kier alpha value is -3.60. The van der Waals surface area contributed by atoms with Crippen molar-refractivity contribution < 1.29 is 26.1 Å². The number of aromatic nitrogens is 3. The predicted octanol–water partition coefficient (Wildman–Crippen LogP) is 4.97. The number of hydrogen-bond acceptors (Lipinski definition) is 5. The number of nitrogens with one attached hydrogen (secondary N) is 1. The summed E-state index contributed by atoms with van der Waals surface area (Å²) in [5.41, 5.74) is 2.77. The molecular formula is C23H19F3N4O3S. The summed E-state index contributed by atoms with van der Waals surface area (Å²) in [4.78, 5) is 0.0779. The number of nitrogens with zero attached hydrogens (tertiary/aromatic N) is 3. The molecular weight excluding hydrogens is 469 g/mol. The first-order valence-electron chi connectivity index (χ1n) is 10.4. The van der Waals surface area contributed by atoms with E-state index in [0.29, 0.717) is 24.1 Å². The number of rotatable bonds is 5. The second-order valence-electron chi connectivity index (χ2n) is 8.08. The van der Waals surface area contributed by atoms with Gasteiger partial charge in [0.25, 0.3) is 10.0 Å². The van der Waals surface area contributed by atoms with Gasteiger partial charge in [0.15, 0.2) is 5.82 Å². The number of fused-ring (bicyclic) bond motifs is 1. The van der Waals surface area contributed by atoms with Crippen LogP contribution in [0.15, 0.2) is 70.4 Å². The third-order valence-corrected chi connectivity index (χ3v) is 7.38. The molecule has 1 N–H and O–H groups in total. The third-order valence-electron chi connectivity index (χ3n) is 6.03. The molecule has 0 fully saturated rings. The molecule has 0 amide bonds. The average Bonchev–Trinajstić information content (AvgIpc) is 3.53. The monoisotopic (exact) mass is 488 g/mol. The maximum Gasteiger partial charge on any atom is 0.416 e. The van der Waals surface area contributed by atoms with Crippen LogP contribution in [0.5, 0.6) is 0 Å². The third kappa shape index (κ3) is 3.96. The Kier molecular flexibility index (Phi) is 5.23. The van der Waals surface area contributed by atoms with Crippen LogP contribution in [-0.4, -0.2) is 23.4 Å². The SMILES string of the molecule is Cn1nccc1-c1cc(C(F)(F)F)ccc1[C@H]1CCc2cc(S(=O)(=O)Nc3ccon3)ccc21. The fourth-order valence-electron chi connectivity index (χ4n) is 4.44. The van der Waals surface area contributed by atoms with Gasteiger partial charge >= 0.3 is 6.18 Å². The van der Waals surface area contributed by atoms with Crippen LogP contribution in [0.3, 0.4) is 0 Å². The quantitative estimate of drug-likeness (QED) is 0.428. The minimum Gasteiger partial charge on any atom is -0.363 e. The summed E-state index contributed by atoms with van der Waals surface area (Å²) in [6.45, 7) is 0. The first-order valence-corrected chi connectivity index (χ1v) is 11.9. The van der Waals surface area contributed by atoms with Gasteiger partial charge in [-0.15, -0.1) is 0 Å². The van der Waals surface area contributed by atoms with Gasteiger partial charge < -0.3 is 4.52 Å². The van der Waals surface area contributed by atoms with E-state index in [0.717, 1.165) is 28.8 Å². The molecule has 4 aromatic rings. The zero-order valence-corrected chi connectivity index (χ0v) is 18.7. The second kappa shape index (κ2) is 8.01. The highest BCUT2D eigenvalue weighted by molar-refractivity contribution is 7.92. The van der Waals surface area contributed by atoms with Crippen molar-refractivity contribution in [3.63, 3.8) is 0 Å². The molecule has 11 heteroatoms. The van der Waals surface area contributed by atoms with E-state index in [9.17, 15) is 21.6 Å². The first-order chi connectivity index (χ1) is 16.1. The summed E-state index contributed by atoms with van der Waals surface area (Å²) in [6.07, 6.45) is -0.430. The molecule has 0 radical (unpaired) electrons. The summed E-state index contributed by atoms with van der Waals surface area (Å²) < 4.78 is 74.4. The van der Waals surface area contributed by atoms with Crippen molar-refractivity contribution >= 4 is 15.8 Å². The van der Waals surface area contributed by atoms with Gasteiger partial charge in [-0.25, -0.2) is 8.42 Å². The fourth-order valence-corrected chi connectivity index (χ4v) is 5.49. The van der Waals surface area contributed by atoms with Crippen molar-refractivity contribution in [3.05, 3.63) is 83.2 Å². The van der Waals surface area contributed by atoms with E-state index in [4.69, 9.17) is 0 Å². The molecule has 0 aliphatic heterocycles. The molecule has 2 aromatic heterocycles. The summed E-state index contributed by atoms with van der Waals surface area (Å²) >= 11 is 0. The maximum atomic E-state index is 13.5. The van der Waals surface area contributed by atoms with Crippen LogP contribution < -0.4 is 4.72 Å². The van der Waals surface area contributed by atoms with E-state index in [1.54, 1.807) is 36.1 Å². The van der Waals surface area contributed by atoms with Gasteiger partial charge in [0, 0.05) is 30.8 Å². The van der Waals surface area contributed by atoms with Gasteiger partial charge in [0.2, 0.25) is 0 Å². The predicted molar refractivity (Wildman–Crippen MR) is 118 cm³/mol. The Morgan fingerprint density at radius 1 is 1.09 bits per heavy atom. The molecule has 2 aromatic carbocycles. The molecule has 2 heterocycles. The summed E-state index contributed by atoms with van der Waals surface area (Å²) in [7, 11) is -2.19. The smallest absolute Gasteiger partial charge is 0.363 e. The number of halogens is 3. The van der Waals surface area contributed by atoms with Crippen molar-refractivity contribution in [2.45, 2.75) is 29.8 Å². The lowest BCUT2D eigenvalue weighted by Crippen LogP contribution is -2.13. The fraction of sp³-hybridized carbons (Fsp3) is 0.217. The molecule has 0 saturated carbocycles. The van der Waals surface area contributed by atoms with E-state index in [-0.39, 0.29) is 16.6 Å². The number of sulfonamides is 1. The van der Waals surface area contributed by atoms with Gasteiger partial charge in [-0.1, -0.05) is 17.3 Å². The van der Waals surface area contributed by atoms with Crippen LogP contribution in [0, 0.1) is 0 Å². The van der Waals surface area contributed by atoms with Gasteiger partial charge in [0.05, 0.1) is 16.2 Å². The Labute approximate surface area is 193 Å². The highest BCUT2D eigenvalue weighted by Gasteiger charge is 2.34. The minimum atomic E-state index is -4.47. The maximum absolute atomic E-state index is 13.5. The molecule has 0 spiro atoms. The van der Waals surface area contributed by atoms with Crippen molar-refractivity contribution in [2.75, 3.05) is 4.72 Å². The molecule has 0 saturated heterocycles. The van der Waals surface area contributed by atoms with Gasteiger partial charge in [0.1, 0.15) is 6.26 Å². The molecule has 1 aliphatic rings. The van der Waals surface area contributed by atoms with Crippen molar-refractivity contribution in [1.82, 2.24) is 14.9 Å². The van der Waals surface area contributed by atoms with E-state index < -0.39 is 21.8 Å². The summed E-state index contributed by atoms with van der Waals surface area (Å²) in [6, 6.07) is 11.7. The molecule has 1 aliphatic carbocycles. The highest BCUT2D eigenvalue weighted by Crippen LogP contribution is 2.44. The second-order valence-corrected chi connectivity index (χ2v) is 9.76. The van der Waals surface area contributed by atoms with E-state index in [2.05, 4.69) is 19.5 Å². The number of anilines is 1. The van der Waals surface area contributed by atoms with Crippen LogP contribution in [0.1, 0.15) is 34.6 Å². The Morgan fingerprint density at radius 2 is 1.88 bits per heavy atom. The van der Waals surface area contributed by atoms with Crippen molar-refractivity contribution in [3.8, 4) is 11.3 Å². The lowest BCUT2D eigenvalue weighted by Gasteiger charge is -2.19. The lowest BCUT2D eigenvalue weighted by molar-refractivity contribution is -0.137. The number of hydrogen-bond donors (Lipinski definition) is 1. The lowest BCUT2D eigenvalue weighted by atomic mass is 9.87. The molecule has 0 bridgehead atoms. The Bertz CT molecular complexity index is 1460. The van der Waals surface area contributed by atoms with Crippen LogP contribution >= 0.6 is 0 Å². The van der Waals surface area contributed by atoms with Gasteiger partial charge in [-0.2, -0.15) is 18.3 Å². The highest BCUT2D eigenvalue weighted by atomic mass is 32.2. The molecule has 34 heavy (non-hydrogen) atoms. The molecule has 1 atom stereocenters. The summed E-state index contributed by atoms with van der Waals surface area (Å²) in [5, 5.41) is 7.68. The topological polar surface area (TPSA) is 90.0 Å². The van der Waals surface area contributed by atoms with E-state index >= 15 is 0 Å². The number of alkyl halides is 3. The van der Waals surface area contributed by atoms with Crippen molar-refractivity contribution in [1.29, 1.82) is 0 Å². The Balaban J connectivity index is 1.55. The minimum absolute atomic E-state index is 0.0731. The molecule has 176 valence electrons. The molecule has 7 nitrogen and oxygen atoms in total. The van der Waals surface area contributed by atoms with Gasteiger partial charge in [-0.05, 0) is 59.9 Å². The van der Waals surface area contributed by atoms with E-state index in [1.807, 2.05) is 0 Å². The van der Waals surface area contributed by atoms with Crippen LogP contribution in [0.25, 0.3) is 11.3 Å².